The average Bonchev–Trinajstić information content (AvgIpc) is 2.88. The molecule has 0 spiro atoms. The van der Waals surface area contributed by atoms with Crippen LogP contribution in [0.5, 0.6) is 0 Å². The van der Waals surface area contributed by atoms with E-state index in [1.54, 1.807) is 0 Å². The summed E-state index contributed by atoms with van der Waals surface area (Å²) in [5, 5.41) is 13.0. The van der Waals surface area contributed by atoms with Crippen molar-refractivity contribution in [1.29, 1.82) is 0 Å². The third kappa shape index (κ3) is 3.80. The molecule has 2 rings (SSSR count). The maximum atomic E-state index is 9.42. The van der Waals surface area contributed by atoms with Crippen LogP contribution in [0.15, 0.2) is 12.5 Å². The predicted molar refractivity (Wildman–Crippen MR) is 76.9 cm³/mol. The summed E-state index contributed by atoms with van der Waals surface area (Å²) in [7, 11) is 0. The van der Waals surface area contributed by atoms with Gasteiger partial charge < -0.3 is 15.0 Å². The van der Waals surface area contributed by atoms with E-state index in [1.807, 2.05) is 12.5 Å². The standard InChI is InChI=1S/C15H27N3O/c1-12(2)18-11-17-9-15(18)8-16-7-13-5-3-4-6-14(13)10-19/h9,11-14,16,19H,3-8,10H2,1-2H3. The van der Waals surface area contributed by atoms with Crippen molar-refractivity contribution in [3.05, 3.63) is 18.2 Å². The number of aromatic nitrogens is 2. The van der Waals surface area contributed by atoms with Crippen molar-refractivity contribution in [3.8, 4) is 0 Å². The minimum Gasteiger partial charge on any atom is -0.396 e. The van der Waals surface area contributed by atoms with Crippen LogP contribution in [0.3, 0.4) is 0 Å². The van der Waals surface area contributed by atoms with Crippen LogP contribution < -0.4 is 5.32 Å². The number of aliphatic hydroxyl groups excluding tert-OH is 1. The van der Waals surface area contributed by atoms with E-state index in [-0.39, 0.29) is 0 Å². The molecular formula is C15H27N3O. The Hall–Kier alpha value is -0.870. The van der Waals surface area contributed by atoms with E-state index in [4.69, 9.17) is 0 Å². The van der Waals surface area contributed by atoms with Gasteiger partial charge in [-0.1, -0.05) is 12.8 Å². The number of imidazole rings is 1. The van der Waals surface area contributed by atoms with Crippen molar-refractivity contribution in [2.75, 3.05) is 13.2 Å². The van der Waals surface area contributed by atoms with Crippen molar-refractivity contribution in [2.45, 2.75) is 52.1 Å². The number of rotatable bonds is 6. The first-order valence-electron chi connectivity index (χ1n) is 7.54. The molecule has 1 aromatic rings. The Labute approximate surface area is 116 Å². The quantitative estimate of drug-likeness (QED) is 0.830. The second-order valence-electron chi connectivity index (χ2n) is 6.00. The van der Waals surface area contributed by atoms with Crippen LogP contribution in [0.1, 0.15) is 51.3 Å². The molecule has 0 aliphatic heterocycles. The van der Waals surface area contributed by atoms with Crippen molar-refractivity contribution < 1.29 is 5.11 Å². The monoisotopic (exact) mass is 265 g/mol. The highest BCUT2D eigenvalue weighted by Crippen LogP contribution is 2.29. The van der Waals surface area contributed by atoms with E-state index in [2.05, 4.69) is 28.7 Å². The summed E-state index contributed by atoms with van der Waals surface area (Å²) < 4.78 is 2.21. The van der Waals surface area contributed by atoms with Crippen molar-refractivity contribution in [1.82, 2.24) is 14.9 Å². The molecule has 1 aliphatic carbocycles. The Bertz CT molecular complexity index is 375. The molecule has 0 radical (unpaired) electrons. The third-order valence-corrected chi connectivity index (χ3v) is 4.32. The average molecular weight is 265 g/mol. The fourth-order valence-electron chi connectivity index (χ4n) is 3.11. The van der Waals surface area contributed by atoms with Gasteiger partial charge in [-0.25, -0.2) is 4.98 Å². The lowest BCUT2D eigenvalue weighted by Crippen LogP contribution is -2.32. The van der Waals surface area contributed by atoms with Gasteiger partial charge in [0.1, 0.15) is 0 Å². The summed E-state index contributed by atoms with van der Waals surface area (Å²) in [5.41, 5.74) is 1.24. The molecule has 2 unspecified atom stereocenters. The zero-order valence-corrected chi connectivity index (χ0v) is 12.2. The van der Waals surface area contributed by atoms with Gasteiger partial charge in [0, 0.05) is 25.4 Å². The van der Waals surface area contributed by atoms with E-state index in [9.17, 15) is 5.11 Å². The van der Waals surface area contributed by atoms with Gasteiger partial charge in [0.25, 0.3) is 0 Å². The highest BCUT2D eigenvalue weighted by molar-refractivity contribution is 4.99. The number of hydrogen-bond acceptors (Lipinski definition) is 3. The van der Waals surface area contributed by atoms with Gasteiger partial charge >= 0.3 is 0 Å². The third-order valence-electron chi connectivity index (χ3n) is 4.32. The molecule has 19 heavy (non-hydrogen) atoms. The van der Waals surface area contributed by atoms with Crippen LogP contribution in [0.25, 0.3) is 0 Å². The van der Waals surface area contributed by atoms with Crippen LogP contribution in [-0.4, -0.2) is 27.8 Å². The van der Waals surface area contributed by atoms with E-state index in [0.717, 1.165) is 13.1 Å². The fraction of sp³-hybridized carbons (Fsp3) is 0.800. The van der Waals surface area contributed by atoms with Crippen molar-refractivity contribution >= 4 is 0 Å². The molecule has 0 amide bonds. The van der Waals surface area contributed by atoms with Gasteiger partial charge in [-0.15, -0.1) is 0 Å². The summed E-state index contributed by atoms with van der Waals surface area (Å²) >= 11 is 0. The van der Waals surface area contributed by atoms with Crippen LogP contribution in [0.2, 0.25) is 0 Å². The summed E-state index contributed by atoms with van der Waals surface area (Å²) in [4.78, 5) is 4.22. The molecule has 0 saturated heterocycles. The summed E-state index contributed by atoms with van der Waals surface area (Å²) in [5.74, 6) is 1.13. The number of hydrogen-bond donors (Lipinski definition) is 2. The van der Waals surface area contributed by atoms with Crippen LogP contribution in [0, 0.1) is 11.8 Å². The lowest BCUT2D eigenvalue weighted by Gasteiger charge is -2.30. The molecule has 1 aliphatic rings. The Morgan fingerprint density at radius 2 is 2.11 bits per heavy atom. The SMILES string of the molecule is CC(C)n1cncc1CNCC1CCCCC1CO. The molecule has 1 heterocycles. The molecule has 1 saturated carbocycles. The largest absolute Gasteiger partial charge is 0.396 e. The molecule has 4 nitrogen and oxygen atoms in total. The maximum Gasteiger partial charge on any atom is 0.0951 e. The smallest absolute Gasteiger partial charge is 0.0951 e. The first kappa shape index (κ1) is 14.5. The topological polar surface area (TPSA) is 50.1 Å². The van der Waals surface area contributed by atoms with Gasteiger partial charge in [0.05, 0.1) is 12.0 Å². The normalized spacial score (nSPS) is 24.0. The Morgan fingerprint density at radius 1 is 1.37 bits per heavy atom. The van der Waals surface area contributed by atoms with Gasteiger partial charge in [0.15, 0.2) is 0 Å². The van der Waals surface area contributed by atoms with Gasteiger partial charge in [-0.05, 0) is 45.1 Å². The lowest BCUT2D eigenvalue weighted by atomic mass is 9.79. The van der Waals surface area contributed by atoms with Crippen molar-refractivity contribution in [2.24, 2.45) is 11.8 Å². The van der Waals surface area contributed by atoms with Crippen LogP contribution in [0.4, 0.5) is 0 Å². The predicted octanol–water partition coefficient (Wildman–Crippen LogP) is 2.35. The minimum absolute atomic E-state index is 0.344. The minimum atomic E-state index is 0.344. The Morgan fingerprint density at radius 3 is 2.79 bits per heavy atom. The second-order valence-corrected chi connectivity index (χ2v) is 6.00. The van der Waals surface area contributed by atoms with Gasteiger partial charge in [-0.2, -0.15) is 0 Å². The molecule has 1 fully saturated rings. The lowest BCUT2D eigenvalue weighted by molar-refractivity contribution is 0.133. The Balaban J connectivity index is 1.80. The van der Waals surface area contributed by atoms with E-state index in [1.165, 1.54) is 31.4 Å². The van der Waals surface area contributed by atoms with Crippen LogP contribution >= 0.6 is 0 Å². The van der Waals surface area contributed by atoms with Gasteiger partial charge in [-0.3, -0.25) is 0 Å². The maximum absolute atomic E-state index is 9.42. The molecule has 2 N–H and O–H groups in total. The number of nitrogens with one attached hydrogen (secondary N) is 1. The molecule has 2 atom stereocenters. The second kappa shape index (κ2) is 7.06. The highest BCUT2D eigenvalue weighted by Gasteiger charge is 2.23. The van der Waals surface area contributed by atoms with E-state index >= 15 is 0 Å². The van der Waals surface area contributed by atoms with Crippen molar-refractivity contribution in [3.63, 3.8) is 0 Å². The van der Waals surface area contributed by atoms with E-state index < -0.39 is 0 Å². The van der Waals surface area contributed by atoms with E-state index in [0.29, 0.717) is 24.5 Å². The first-order valence-corrected chi connectivity index (χ1v) is 7.54. The molecule has 4 heteroatoms. The summed E-state index contributed by atoms with van der Waals surface area (Å²) in [6.45, 7) is 6.57. The molecule has 1 aromatic heterocycles. The Kier molecular flexibility index (Phi) is 5.40. The summed E-state index contributed by atoms with van der Waals surface area (Å²) in [6.07, 6.45) is 8.87. The van der Waals surface area contributed by atoms with Crippen LogP contribution in [-0.2, 0) is 6.54 Å². The zero-order chi connectivity index (χ0) is 13.7. The molecular weight excluding hydrogens is 238 g/mol. The first-order chi connectivity index (χ1) is 9.22. The summed E-state index contributed by atoms with van der Waals surface area (Å²) in [6, 6.07) is 0.458. The molecule has 0 aromatic carbocycles. The molecule has 108 valence electrons. The fourth-order valence-corrected chi connectivity index (χ4v) is 3.11. The zero-order valence-electron chi connectivity index (χ0n) is 12.2. The number of nitrogens with zero attached hydrogens (tertiary/aromatic N) is 2. The molecule has 0 bridgehead atoms. The van der Waals surface area contributed by atoms with Gasteiger partial charge in [0.2, 0.25) is 0 Å². The number of aliphatic hydroxyl groups is 1. The highest BCUT2D eigenvalue weighted by atomic mass is 16.3.